The molecule has 2 heterocycles. The van der Waals surface area contributed by atoms with Gasteiger partial charge in [-0.2, -0.15) is 0 Å². The second-order valence-corrected chi connectivity index (χ2v) is 8.75. The second-order valence-electron chi connectivity index (χ2n) is 8.75. The number of benzene rings is 2. The highest BCUT2D eigenvalue weighted by atomic mass is 16.5. The number of amides is 2. The van der Waals surface area contributed by atoms with E-state index >= 15 is 0 Å². The summed E-state index contributed by atoms with van der Waals surface area (Å²) in [6.07, 6.45) is 1.85. The van der Waals surface area contributed by atoms with Gasteiger partial charge in [-0.1, -0.05) is 12.1 Å². The first kappa shape index (κ1) is 22.1. The number of nitrogens with zero attached hydrogens (tertiary/aromatic N) is 1. The van der Waals surface area contributed by atoms with Gasteiger partial charge in [-0.05, 0) is 81.5 Å². The summed E-state index contributed by atoms with van der Waals surface area (Å²) in [5, 5.41) is 4.01. The smallest absolute Gasteiger partial charge is 0.254 e. The van der Waals surface area contributed by atoms with Crippen LogP contribution in [0.4, 0.5) is 5.69 Å². The lowest BCUT2D eigenvalue weighted by Gasteiger charge is -2.25. The fraction of sp³-hybridized carbons (Fsp3) is 0.385. The molecule has 1 aliphatic rings. The second kappa shape index (κ2) is 9.17. The number of fused-ring (bicyclic) bond motifs is 1. The third-order valence-electron chi connectivity index (χ3n) is 6.50. The third-order valence-corrected chi connectivity index (χ3v) is 6.50. The molecule has 32 heavy (non-hydrogen) atoms. The molecule has 0 radical (unpaired) electrons. The summed E-state index contributed by atoms with van der Waals surface area (Å²) in [7, 11) is 0. The molecular weight excluding hydrogens is 402 g/mol. The fourth-order valence-corrected chi connectivity index (χ4v) is 4.28. The molecule has 2 aromatic carbocycles. The first-order valence-corrected chi connectivity index (χ1v) is 11.2. The molecule has 6 heteroatoms. The Morgan fingerprint density at radius 2 is 1.94 bits per heavy atom. The van der Waals surface area contributed by atoms with E-state index in [1.54, 1.807) is 4.90 Å². The fourth-order valence-electron chi connectivity index (χ4n) is 4.28. The summed E-state index contributed by atoms with van der Waals surface area (Å²) in [4.78, 5) is 31.4. The number of anilines is 1. The lowest BCUT2D eigenvalue weighted by molar-refractivity contribution is -0.117. The highest BCUT2D eigenvalue weighted by Gasteiger charge is 2.26. The average Bonchev–Trinajstić information content (AvgIpc) is 3.38. The molecule has 4 rings (SSSR count). The highest BCUT2D eigenvalue weighted by molar-refractivity contribution is 6.02. The topological polar surface area (TPSA) is 74.4 Å². The van der Waals surface area contributed by atoms with Gasteiger partial charge in [-0.15, -0.1) is 0 Å². The zero-order chi connectivity index (χ0) is 22.8. The molecule has 0 spiro atoms. The molecule has 168 valence electrons. The predicted molar refractivity (Wildman–Crippen MR) is 127 cm³/mol. The minimum absolute atomic E-state index is 0.0186. The number of ether oxygens (including phenoxy) is 1. The Bertz CT molecular complexity index is 1160. The maximum Gasteiger partial charge on any atom is 0.254 e. The quantitative estimate of drug-likeness (QED) is 0.594. The summed E-state index contributed by atoms with van der Waals surface area (Å²) in [6.45, 7) is 9.16. The summed E-state index contributed by atoms with van der Waals surface area (Å²) in [6, 6.07) is 11.5. The summed E-state index contributed by atoms with van der Waals surface area (Å²) in [5.74, 6) is -0.364. The number of nitrogens with one attached hydrogen (secondary N) is 2. The van der Waals surface area contributed by atoms with E-state index in [0.717, 1.165) is 51.8 Å². The lowest BCUT2D eigenvalue weighted by Crippen LogP contribution is -2.42. The van der Waals surface area contributed by atoms with Crippen LogP contribution in [0.3, 0.4) is 0 Å². The predicted octanol–water partition coefficient (Wildman–Crippen LogP) is 4.66. The molecule has 1 aliphatic heterocycles. The van der Waals surface area contributed by atoms with Gasteiger partial charge in [0, 0.05) is 41.0 Å². The zero-order valence-electron chi connectivity index (χ0n) is 19.2. The normalized spacial score (nSPS) is 15.8. The molecule has 2 amide bonds. The van der Waals surface area contributed by atoms with Gasteiger partial charge >= 0.3 is 0 Å². The Morgan fingerprint density at radius 3 is 2.69 bits per heavy atom. The van der Waals surface area contributed by atoms with Gasteiger partial charge in [0.15, 0.2) is 0 Å². The van der Waals surface area contributed by atoms with Crippen LogP contribution in [0.1, 0.15) is 45.6 Å². The Kier molecular flexibility index (Phi) is 6.33. The van der Waals surface area contributed by atoms with E-state index in [4.69, 9.17) is 4.74 Å². The average molecular weight is 434 g/mol. The number of carbonyl (C=O) groups is 2. The van der Waals surface area contributed by atoms with Crippen LogP contribution in [0.5, 0.6) is 0 Å². The van der Waals surface area contributed by atoms with Crippen molar-refractivity contribution in [1.82, 2.24) is 9.88 Å². The number of hydrogen-bond acceptors (Lipinski definition) is 3. The van der Waals surface area contributed by atoms with E-state index in [0.29, 0.717) is 18.7 Å². The Hall–Kier alpha value is -3.12. The first-order valence-electron chi connectivity index (χ1n) is 11.2. The van der Waals surface area contributed by atoms with E-state index in [1.165, 1.54) is 0 Å². The van der Waals surface area contributed by atoms with E-state index in [9.17, 15) is 9.59 Å². The minimum Gasteiger partial charge on any atom is -0.376 e. The van der Waals surface area contributed by atoms with Crippen molar-refractivity contribution in [2.45, 2.75) is 46.6 Å². The maximum absolute atomic E-state index is 13.5. The van der Waals surface area contributed by atoms with Crippen molar-refractivity contribution in [3.05, 3.63) is 64.3 Å². The summed E-state index contributed by atoms with van der Waals surface area (Å²) < 4.78 is 5.77. The number of aromatic nitrogens is 1. The summed E-state index contributed by atoms with van der Waals surface area (Å²) in [5.41, 5.74) is 6.73. The minimum atomic E-state index is -0.209. The molecular formula is C26H31N3O3. The van der Waals surface area contributed by atoms with Gasteiger partial charge in [-0.3, -0.25) is 9.59 Å². The Labute approximate surface area is 188 Å². The van der Waals surface area contributed by atoms with Crippen LogP contribution in [0, 0.1) is 27.7 Å². The van der Waals surface area contributed by atoms with Crippen LogP contribution in [-0.4, -0.2) is 47.5 Å². The highest BCUT2D eigenvalue weighted by Crippen LogP contribution is 2.24. The van der Waals surface area contributed by atoms with E-state index < -0.39 is 0 Å². The maximum atomic E-state index is 13.5. The lowest BCUT2D eigenvalue weighted by atomic mass is 10.1. The van der Waals surface area contributed by atoms with Crippen LogP contribution in [0.15, 0.2) is 36.4 Å². The van der Waals surface area contributed by atoms with E-state index in [-0.39, 0.29) is 24.5 Å². The van der Waals surface area contributed by atoms with Crippen molar-refractivity contribution in [2.24, 2.45) is 0 Å². The van der Waals surface area contributed by atoms with Crippen LogP contribution < -0.4 is 5.32 Å². The van der Waals surface area contributed by atoms with Crippen molar-refractivity contribution in [2.75, 3.05) is 25.0 Å². The third kappa shape index (κ3) is 4.55. The largest absolute Gasteiger partial charge is 0.376 e. The number of aryl methyl sites for hydroxylation is 3. The van der Waals surface area contributed by atoms with Crippen molar-refractivity contribution < 1.29 is 14.3 Å². The van der Waals surface area contributed by atoms with Crippen molar-refractivity contribution >= 4 is 28.4 Å². The van der Waals surface area contributed by atoms with E-state index in [2.05, 4.69) is 10.3 Å². The van der Waals surface area contributed by atoms with Crippen molar-refractivity contribution in [3.63, 3.8) is 0 Å². The standard InChI is InChI=1S/C26H31N3O3/c1-16-7-5-9-23(17(16)2)28-25(30)15-29(14-21-8-6-12-32-21)26(31)20-10-11-24-22(13-20)18(3)19(4)27-24/h5,7,9-11,13,21,27H,6,8,12,14-15H2,1-4H3,(H,28,30)/t21-/m0/s1. The van der Waals surface area contributed by atoms with Gasteiger partial charge < -0.3 is 19.9 Å². The SMILES string of the molecule is Cc1cccc(NC(=O)CN(C[C@@H]2CCCO2)C(=O)c2ccc3[nH]c(C)c(C)c3c2)c1C. The van der Waals surface area contributed by atoms with Crippen LogP contribution in [0.25, 0.3) is 10.9 Å². The molecule has 1 aromatic heterocycles. The molecule has 0 aliphatic carbocycles. The summed E-state index contributed by atoms with van der Waals surface area (Å²) >= 11 is 0. The molecule has 0 bridgehead atoms. The molecule has 1 fully saturated rings. The number of H-pyrrole nitrogens is 1. The number of hydrogen-bond donors (Lipinski definition) is 2. The van der Waals surface area contributed by atoms with Gasteiger partial charge in [0.25, 0.3) is 5.91 Å². The molecule has 1 atom stereocenters. The van der Waals surface area contributed by atoms with Crippen molar-refractivity contribution in [3.8, 4) is 0 Å². The molecule has 0 saturated carbocycles. The zero-order valence-corrected chi connectivity index (χ0v) is 19.2. The molecule has 0 unspecified atom stereocenters. The molecule has 6 nitrogen and oxygen atoms in total. The number of rotatable bonds is 6. The molecule has 2 N–H and O–H groups in total. The molecule has 1 saturated heterocycles. The van der Waals surface area contributed by atoms with Gasteiger partial charge in [0.2, 0.25) is 5.91 Å². The Balaban J connectivity index is 1.56. The van der Waals surface area contributed by atoms with Crippen LogP contribution in [-0.2, 0) is 9.53 Å². The van der Waals surface area contributed by atoms with Crippen LogP contribution >= 0.6 is 0 Å². The molecule has 3 aromatic rings. The van der Waals surface area contributed by atoms with Gasteiger partial charge in [0.1, 0.15) is 6.54 Å². The Morgan fingerprint density at radius 1 is 1.12 bits per heavy atom. The van der Waals surface area contributed by atoms with Crippen molar-refractivity contribution in [1.29, 1.82) is 0 Å². The van der Waals surface area contributed by atoms with E-state index in [1.807, 2.05) is 64.1 Å². The number of carbonyl (C=O) groups excluding carboxylic acids is 2. The van der Waals surface area contributed by atoms with Gasteiger partial charge in [-0.25, -0.2) is 0 Å². The number of aromatic amines is 1. The first-order chi connectivity index (χ1) is 15.3. The van der Waals surface area contributed by atoms with Crippen LogP contribution in [0.2, 0.25) is 0 Å². The van der Waals surface area contributed by atoms with Gasteiger partial charge in [0.05, 0.1) is 6.10 Å². The monoisotopic (exact) mass is 433 g/mol.